The number of fused-ring (bicyclic) bond motifs is 1. The maximum atomic E-state index is 12.4. The molecule has 1 fully saturated rings. The van der Waals surface area contributed by atoms with Gasteiger partial charge in [0.1, 0.15) is 0 Å². The number of furan rings is 1. The van der Waals surface area contributed by atoms with Crippen LogP contribution in [0.4, 0.5) is 0 Å². The van der Waals surface area contributed by atoms with Gasteiger partial charge in [0.05, 0.1) is 6.26 Å². The summed E-state index contributed by atoms with van der Waals surface area (Å²) in [7, 11) is 0. The van der Waals surface area contributed by atoms with Gasteiger partial charge in [-0.2, -0.15) is 0 Å². The van der Waals surface area contributed by atoms with Gasteiger partial charge in [-0.05, 0) is 29.3 Å². The number of rotatable bonds is 5. The van der Waals surface area contributed by atoms with E-state index < -0.39 is 5.97 Å². The Kier molecular flexibility index (Phi) is 5.62. The summed E-state index contributed by atoms with van der Waals surface area (Å²) in [5.41, 5.74) is 2.00. The molecule has 0 aliphatic carbocycles. The van der Waals surface area contributed by atoms with Gasteiger partial charge in [-0.15, -0.1) is 0 Å². The third kappa shape index (κ3) is 4.32. The second kappa shape index (κ2) is 8.49. The van der Waals surface area contributed by atoms with Crippen molar-refractivity contribution in [2.75, 3.05) is 32.8 Å². The van der Waals surface area contributed by atoms with Crippen molar-refractivity contribution in [3.8, 4) is 0 Å². The number of carbonyl (C=O) groups is 2. The zero-order valence-corrected chi connectivity index (χ0v) is 16.5. The summed E-state index contributed by atoms with van der Waals surface area (Å²) < 4.78 is 10.2. The molecule has 150 valence electrons. The first kappa shape index (κ1) is 19.2. The predicted octanol–water partition coefficient (Wildman–Crippen LogP) is 3.24. The maximum Gasteiger partial charge on any atom is 0.375 e. The second-order valence-corrected chi connectivity index (χ2v) is 7.30. The van der Waals surface area contributed by atoms with Crippen LogP contribution in [0.2, 0.25) is 0 Å². The molecule has 1 amide bonds. The number of carbonyl (C=O) groups excluding carboxylic acids is 2. The van der Waals surface area contributed by atoms with Gasteiger partial charge >= 0.3 is 5.97 Å². The Morgan fingerprint density at radius 3 is 2.52 bits per heavy atom. The van der Waals surface area contributed by atoms with Crippen molar-refractivity contribution in [2.45, 2.75) is 13.5 Å². The van der Waals surface area contributed by atoms with E-state index >= 15 is 0 Å². The summed E-state index contributed by atoms with van der Waals surface area (Å²) in [6.07, 6.45) is 1.43. The van der Waals surface area contributed by atoms with Gasteiger partial charge in [0, 0.05) is 38.3 Å². The van der Waals surface area contributed by atoms with Gasteiger partial charge in [-0.3, -0.25) is 9.69 Å². The van der Waals surface area contributed by atoms with Gasteiger partial charge in [-0.1, -0.05) is 42.5 Å². The summed E-state index contributed by atoms with van der Waals surface area (Å²) >= 11 is 0. The highest BCUT2D eigenvalue weighted by atomic mass is 16.5. The normalized spacial score (nSPS) is 14.9. The van der Waals surface area contributed by atoms with Crippen LogP contribution < -0.4 is 0 Å². The van der Waals surface area contributed by atoms with Crippen molar-refractivity contribution in [1.82, 2.24) is 9.80 Å². The second-order valence-electron chi connectivity index (χ2n) is 7.30. The molecule has 0 saturated carbocycles. The average Bonchev–Trinajstić information content (AvgIpc) is 3.18. The molecule has 6 heteroatoms. The molecule has 0 unspecified atom stereocenters. The number of esters is 1. The van der Waals surface area contributed by atoms with E-state index in [1.807, 2.05) is 0 Å². The molecule has 1 aliphatic rings. The van der Waals surface area contributed by atoms with Gasteiger partial charge in [0.25, 0.3) is 5.91 Å². The molecular weight excluding hydrogens is 368 g/mol. The lowest BCUT2D eigenvalue weighted by molar-refractivity contribution is -0.136. The van der Waals surface area contributed by atoms with Crippen LogP contribution in [0.3, 0.4) is 0 Å². The van der Waals surface area contributed by atoms with E-state index in [9.17, 15) is 9.59 Å². The zero-order valence-electron chi connectivity index (χ0n) is 16.5. The number of nitrogens with zero attached hydrogens (tertiary/aromatic N) is 2. The summed E-state index contributed by atoms with van der Waals surface area (Å²) in [4.78, 5) is 28.5. The van der Waals surface area contributed by atoms with Crippen molar-refractivity contribution < 1.29 is 18.7 Å². The molecule has 1 aliphatic heterocycles. The molecule has 0 N–H and O–H groups in total. The molecule has 0 radical (unpaired) electrons. The van der Waals surface area contributed by atoms with Gasteiger partial charge < -0.3 is 14.1 Å². The third-order valence-corrected chi connectivity index (χ3v) is 5.37. The van der Waals surface area contributed by atoms with Gasteiger partial charge in [0.2, 0.25) is 5.76 Å². The molecule has 0 atom stereocenters. The number of amides is 1. The predicted molar refractivity (Wildman–Crippen MR) is 110 cm³/mol. The fraction of sp³-hybridized carbons (Fsp3) is 0.304. The van der Waals surface area contributed by atoms with E-state index in [1.54, 1.807) is 17.9 Å². The van der Waals surface area contributed by atoms with Crippen LogP contribution in [-0.2, 0) is 16.1 Å². The van der Waals surface area contributed by atoms with Crippen molar-refractivity contribution >= 4 is 22.6 Å². The largest absolute Gasteiger partial charge is 0.457 e. The Hall–Kier alpha value is -3.12. The van der Waals surface area contributed by atoms with E-state index in [0.29, 0.717) is 18.7 Å². The summed E-state index contributed by atoms with van der Waals surface area (Å²) in [5, 5.41) is 2.51. The van der Waals surface area contributed by atoms with Gasteiger partial charge in [-0.25, -0.2) is 4.79 Å². The molecular formula is C23H24N2O4. The van der Waals surface area contributed by atoms with E-state index in [2.05, 4.69) is 47.4 Å². The monoisotopic (exact) mass is 392 g/mol. The highest BCUT2D eigenvalue weighted by molar-refractivity contribution is 5.90. The molecule has 2 heterocycles. The molecule has 29 heavy (non-hydrogen) atoms. The molecule has 1 aromatic heterocycles. The molecule has 4 rings (SSSR count). The van der Waals surface area contributed by atoms with Crippen LogP contribution in [0.15, 0.2) is 59.2 Å². The summed E-state index contributed by atoms with van der Waals surface area (Å²) in [6, 6.07) is 16.5. The highest BCUT2D eigenvalue weighted by Gasteiger charge is 2.23. The molecule has 1 saturated heterocycles. The van der Waals surface area contributed by atoms with Crippen LogP contribution in [0, 0.1) is 6.92 Å². The zero-order chi connectivity index (χ0) is 20.2. The van der Waals surface area contributed by atoms with Crippen LogP contribution in [0.5, 0.6) is 0 Å². The van der Waals surface area contributed by atoms with Crippen LogP contribution in [-0.4, -0.2) is 54.5 Å². The average molecular weight is 392 g/mol. The fourth-order valence-corrected chi connectivity index (χ4v) is 3.69. The highest BCUT2D eigenvalue weighted by Crippen LogP contribution is 2.20. The quantitative estimate of drug-likeness (QED) is 0.624. The van der Waals surface area contributed by atoms with Crippen LogP contribution in [0.25, 0.3) is 10.8 Å². The van der Waals surface area contributed by atoms with E-state index in [4.69, 9.17) is 9.15 Å². The minimum Gasteiger partial charge on any atom is -0.457 e. The molecule has 0 spiro atoms. The van der Waals surface area contributed by atoms with Gasteiger partial charge in [0.15, 0.2) is 6.61 Å². The van der Waals surface area contributed by atoms with E-state index in [-0.39, 0.29) is 18.3 Å². The Morgan fingerprint density at radius 2 is 1.76 bits per heavy atom. The Morgan fingerprint density at radius 1 is 1.00 bits per heavy atom. The number of hydrogen-bond donors (Lipinski definition) is 0. The fourth-order valence-electron chi connectivity index (χ4n) is 3.69. The first-order chi connectivity index (χ1) is 14.1. The SMILES string of the molecule is Cc1ccoc1C(=O)OCC(=O)N1CCN(Cc2cccc3ccccc23)CC1. The van der Waals surface area contributed by atoms with Crippen LogP contribution in [0.1, 0.15) is 21.7 Å². The Balaban J connectivity index is 1.28. The maximum absolute atomic E-state index is 12.4. The minimum atomic E-state index is -0.601. The Bertz CT molecular complexity index is 1010. The lowest BCUT2D eigenvalue weighted by Gasteiger charge is -2.34. The minimum absolute atomic E-state index is 0.151. The number of hydrogen-bond acceptors (Lipinski definition) is 5. The number of aryl methyl sites for hydroxylation is 1. The number of piperazine rings is 1. The topological polar surface area (TPSA) is 63.0 Å². The lowest BCUT2D eigenvalue weighted by Crippen LogP contribution is -2.49. The lowest BCUT2D eigenvalue weighted by atomic mass is 10.0. The third-order valence-electron chi connectivity index (χ3n) is 5.37. The van der Waals surface area contributed by atoms with E-state index in [0.717, 1.165) is 19.6 Å². The molecule has 6 nitrogen and oxygen atoms in total. The first-order valence-electron chi connectivity index (χ1n) is 9.80. The molecule has 3 aromatic rings. The summed E-state index contributed by atoms with van der Waals surface area (Å²) in [5.74, 6) is -0.625. The Labute approximate surface area is 169 Å². The first-order valence-corrected chi connectivity index (χ1v) is 9.80. The van der Waals surface area contributed by atoms with Crippen molar-refractivity contribution in [3.05, 3.63) is 71.7 Å². The standard InChI is InChI=1S/C23H24N2O4/c1-17-9-14-28-22(17)23(27)29-16-21(26)25-12-10-24(11-13-25)15-19-7-4-6-18-5-2-3-8-20(18)19/h2-9,14H,10-13,15-16H2,1H3. The van der Waals surface area contributed by atoms with Crippen LogP contribution >= 0.6 is 0 Å². The van der Waals surface area contributed by atoms with E-state index in [1.165, 1.54) is 22.6 Å². The molecule has 0 bridgehead atoms. The molecule has 2 aromatic carbocycles. The number of ether oxygens (including phenoxy) is 1. The van der Waals surface area contributed by atoms with Crippen molar-refractivity contribution in [1.29, 1.82) is 0 Å². The summed E-state index contributed by atoms with van der Waals surface area (Å²) in [6.45, 7) is 5.19. The van der Waals surface area contributed by atoms with Crippen molar-refractivity contribution in [2.24, 2.45) is 0 Å². The number of benzene rings is 2. The smallest absolute Gasteiger partial charge is 0.375 e. The van der Waals surface area contributed by atoms with Crippen molar-refractivity contribution in [3.63, 3.8) is 0 Å².